The predicted octanol–water partition coefficient (Wildman–Crippen LogP) is 3.13. The van der Waals surface area contributed by atoms with Gasteiger partial charge in [0, 0.05) is 11.3 Å². The average molecular weight is 376 g/mol. The summed E-state index contributed by atoms with van der Waals surface area (Å²) in [5.74, 6) is -3.51. The first-order valence-electron chi connectivity index (χ1n) is 7.14. The highest BCUT2D eigenvalue weighted by Gasteiger charge is 2.30. The largest absolute Gasteiger partial charge is 0.473 e. The molecule has 128 valence electrons. The molecule has 25 heavy (non-hydrogen) atoms. The van der Waals surface area contributed by atoms with Crippen LogP contribution >= 0.6 is 23.1 Å². The molecule has 1 aromatic carbocycles. The zero-order valence-corrected chi connectivity index (χ0v) is 14.3. The van der Waals surface area contributed by atoms with Crippen molar-refractivity contribution in [2.45, 2.75) is 16.8 Å². The van der Waals surface area contributed by atoms with Crippen molar-refractivity contribution >= 4 is 52.0 Å². The van der Waals surface area contributed by atoms with E-state index in [1.165, 1.54) is 4.88 Å². The van der Waals surface area contributed by atoms with Crippen LogP contribution in [0.5, 0.6) is 0 Å². The van der Waals surface area contributed by atoms with E-state index in [1.54, 1.807) is 27.7 Å². The van der Waals surface area contributed by atoms with Gasteiger partial charge in [-0.25, -0.2) is 14.6 Å². The molecular formula is C16H12N2O5S2. The van der Waals surface area contributed by atoms with Gasteiger partial charge in [-0.3, -0.25) is 9.36 Å². The number of carbonyl (C=O) groups excluding carboxylic acids is 1. The lowest BCUT2D eigenvalue weighted by atomic mass is 10.2. The molecule has 0 fully saturated rings. The summed E-state index contributed by atoms with van der Waals surface area (Å²) >= 11 is 3.39. The highest BCUT2D eigenvalue weighted by molar-refractivity contribution is 7.99. The Morgan fingerprint density at radius 2 is 1.84 bits per heavy atom. The fourth-order valence-electron chi connectivity index (χ4n) is 2.38. The molecule has 3 aromatic rings. The predicted molar refractivity (Wildman–Crippen MR) is 93.2 cm³/mol. The molecule has 1 aliphatic rings. The number of carboxylic acids is 2. The lowest BCUT2D eigenvalue weighted by Gasteiger charge is -2.20. The number of benzene rings is 1. The van der Waals surface area contributed by atoms with Gasteiger partial charge in [0.1, 0.15) is 0 Å². The van der Waals surface area contributed by atoms with E-state index < -0.39 is 11.9 Å². The van der Waals surface area contributed by atoms with E-state index in [2.05, 4.69) is 16.4 Å². The summed E-state index contributed by atoms with van der Waals surface area (Å²) in [6.45, 7) is 0. The van der Waals surface area contributed by atoms with Gasteiger partial charge in [-0.15, -0.1) is 11.3 Å². The Morgan fingerprint density at radius 3 is 2.48 bits per heavy atom. The minimum Gasteiger partial charge on any atom is -0.473 e. The summed E-state index contributed by atoms with van der Waals surface area (Å²) in [6, 6.07) is 11.9. The Labute approximate surface area is 149 Å². The van der Waals surface area contributed by atoms with Gasteiger partial charge in [-0.05, 0) is 23.6 Å². The molecule has 7 nitrogen and oxygen atoms in total. The Morgan fingerprint density at radius 1 is 1.12 bits per heavy atom. The zero-order valence-electron chi connectivity index (χ0n) is 12.7. The molecule has 9 heteroatoms. The second kappa shape index (κ2) is 7.08. The van der Waals surface area contributed by atoms with E-state index in [0.29, 0.717) is 6.42 Å². The van der Waals surface area contributed by atoms with Gasteiger partial charge >= 0.3 is 11.9 Å². The summed E-state index contributed by atoms with van der Waals surface area (Å²) in [5, 5.41) is 17.9. The Bertz CT molecular complexity index is 937. The van der Waals surface area contributed by atoms with Crippen LogP contribution in [-0.4, -0.2) is 37.6 Å². The number of hydrogen-bond donors (Lipinski definition) is 2. The molecule has 4 rings (SSSR count). The Hall–Kier alpha value is -2.65. The second-order valence-corrected chi connectivity index (χ2v) is 7.20. The lowest BCUT2D eigenvalue weighted by Crippen LogP contribution is -2.19. The van der Waals surface area contributed by atoms with Crippen LogP contribution in [0.25, 0.3) is 11.0 Å². The number of thioether (sulfide) groups is 1. The monoisotopic (exact) mass is 376 g/mol. The van der Waals surface area contributed by atoms with Gasteiger partial charge in [-0.1, -0.05) is 30.0 Å². The van der Waals surface area contributed by atoms with Crippen LogP contribution in [0.1, 0.15) is 21.3 Å². The minimum absolute atomic E-state index is 0.140. The number of carboxylic acid groups (broad SMARTS) is 2. The molecule has 0 amide bonds. The molecule has 3 heterocycles. The fraction of sp³-hybridized carbons (Fsp3) is 0.125. The molecule has 0 aliphatic carbocycles. The Kier molecular flexibility index (Phi) is 4.86. The third-order valence-electron chi connectivity index (χ3n) is 3.43. The van der Waals surface area contributed by atoms with Crippen LogP contribution in [-0.2, 0) is 9.59 Å². The van der Waals surface area contributed by atoms with Crippen LogP contribution in [0.15, 0.2) is 46.9 Å². The normalized spacial score (nSPS) is 16.0. The van der Waals surface area contributed by atoms with E-state index in [4.69, 9.17) is 19.8 Å². The summed E-state index contributed by atoms with van der Waals surface area (Å²) < 4.78 is 1.75. The van der Waals surface area contributed by atoms with Crippen LogP contribution in [0.3, 0.4) is 0 Å². The maximum absolute atomic E-state index is 12.4. The molecule has 2 aromatic heterocycles. The van der Waals surface area contributed by atoms with Gasteiger partial charge < -0.3 is 10.2 Å². The van der Waals surface area contributed by atoms with Crippen LogP contribution in [0.4, 0.5) is 0 Å². The quantitative estimate of drug-likeness (QED) is 0.628. The first-order chi connectivity index (χ1) is 12.0. The number of carbonyl (C=O) groups is 3. The number of fused-ring (bicyclic) bond motifs is 3. The summed E-state index contributed by atoms with van der Waals surface area (Å²) in [5.41, 5.74) is 1.81. The standard InChI is InChI=1S/C14H10N2OS2.C2H2O4/c17-13-8-12(11-6-3-7-18-11)19-14-15-9-4-1-2-5-10(9)16(13)14;3-1(4)2(5)6/h1-7,12H,8H2;(H,3,4)(H,5,6). The van der Waals surface area contributed by atoms with Crippen molar-refractivity contribution in [3.8, 4) is 0 Å². The van der Waals surface area contributed by atoms with E-state index >= 15 is 0 Å². The number of rotatable bonds is 1. The summed E-state index contributed by atoms with van der Waals surface area (Å²) in [6.07, 6.45) is 0.540. The van der Waals surface area contributed by atoms with Gasteiger partial charge in [0.25, 0.3) is 0 Å². The molecule has 0 saturated heterocycles. The molecular weight excluding hydrogens is 364 g/mol. The molecule has 0 bridgehead atoms. The summed E-state index contributed by atoms with van der Waals surface area (Å²) in [7, 11) is 0. The van der Waals surface area contributed by atoms with Gasteiger partial charge in [0.15, 0.2) is 5.16 Å². The lowest BCUT2D eigenvalue weighted by molar-refractivity contribution is -0.159. The number of hydrogen-bond acceptors (Lipinski definition) is 6. The zero-order chi connectivity index (χ0) is 18.0. The molecule has 0 spiro atoms. The van der Waals surface area contributed by atoms with E-state index in [0.717, 1.165) is 16.2 Å². The topological polar surface area (TPSA) is 109 Å². The first kappa shape index (κ1) is 17.2. The van der Waals surface area contributed by atoms with E-state index in [-0.39, 0.29) is 11.2 Å². The van der Waals surface area contributed by atoms with Crippen molar-refractivity contribution < 1.29 is 24.6 Å². The first-order valence-corrected chi connectivity index (χ1v) is 8.90. The SMILES string of the molecule is O=C(O)C(=O)O.O=C1CC(c2cccs2)Sc2nc3ccccc3n21. The third-order valence-corrected chi connectivity index (χ3v) is 5.76. The molecule has 1 unspecified atom stereocenters. The van der Waals surface area contributed by atoms with Crippen molar-refractivity contribution in [2.24, 2.45) is 0 Å². The van der Waals surface area contributed by atoms with Crippen molar-refractivity contribution in [3.63, 3.8) is 0 Å². The van der Waals surface area contributed by atoms with E-state index in [1.807, 2.05) is 30.3 Å². The molecule has 1 atom stereocenters. The number of aliphatic carboxylic acids is 2. The molecule has 0 radical (unpaired) electrons. The number of thiophene rings is 1. The third kappa shape index (κ3) is 3.57. The van der Waals surface area contributed by atoms with Gasteiger partial charge in [0.05, 0.1) is 16.3 Å². The maximum Gasteiger partial charge on any atom is 0.414 e. The van der Waals surface area contributed by atoms with Crippen molar-refractivity contribution in [2.75, 3.05) is 0 Å². The second-order valence-electron chi connectivity index (χ2n) is 5.05. The van der Waals surface area contributed by atoms with Crippen molar-refractivity contribution in [1.29, 1.82) is 0 Å². The number of aromatic nitrogens is 2. The number of imidazole rings is 1. The van der Waals surface area contributed by atoms with Crippen LogP contribution in [0.2, 0.25) is 0 Å². The van der Waals surface area contributed by atoms with Crippen molar-refractivity contribution in [1.82, 2.24) is 9.55 Å². The summed E-state index contributed by atoms with van der Waals surface area (Å²) in [4.78, 5) is 36.4. The average Bonchev–Trinajstić information content (AvgIpc) is 3.22. The number of nitrogens with zero attached hydrogens (tertiary/aromatic N) is 2. The highest BCUT2D eigenvalue weighted by Crippen LogP contribution is 2.44. The van der Waals surface area contributed by atoms with E-state index in [9.17, 15) is 4.79 Å². The van der Waals surface area contributed by atoms with Crippen molar-refractivity contribution in [3.05, 3.63) is 46.7 Å². The van der Waals surface area contributed by atoms with Gasteiger partial charge in [-0.2, -0.15) is 0 Å². The van der Waals surface area contributed by atoms with Gasteiger partial charge in [0.2, 0.25) is 5.91 Å². The number of para-hydroxylation sites is 2. The molecule has 2 N–H and O–H groups in total. The smallest absolute Gasteiger partial charge is 0.414 e. The minimum atomic E-state index is -1.82. The van der Waals surface area contributed by atoms with Crippen LogP contribution < -0.4 is 0 Å². The molecule has 1 aliphatic heterocycles. The Balaban J connectivity index is 0.000000265. The molecule has 0 saturated carbocycles. The fourth-order valence-corrected chi connectivity index (χ4v) is 4.53. The maximum atomic E-state index is 12.4. The highest BCUT2D eigenvalue weighted by atomic mass is 32.2. The van der Waals surface area contributed by atoms with Crippen LogP contribution in [0, 0.1) is 0 Å².